The van der Waals surface area contributed by atoms with Gasteiger partial charge >= 0.3 is 0 Å². The summed E-state index contributed by atoms with van der Waals surface area (Å²) in [5.41, 5.74) is 11.7. The smallest absolute Gasteiger partial charge is 0.288 e. The van der Waals surface area contributed by atoms with Crippen molar-refractivity contribution in [2.24, 2.45) is 0 Å². The number of nitrogens with two attached hydrogens (primary N) is 1. The molecular weight excluding hydrogens is 270 g/mol. The van der Waals surface area contributed by atoms with Gasteiger partial charge in [0, 0.05) is 12.2 Å². The highest BCUT2D eigenvalue weighted by molar-refractivity contribution is 5.93. The molecule has 1 amide bonds. The second-order valence-electron chi connectivity index (χ2n) is 4.58. The Morgan fingerprint density at radius 2 is 1.95 bits per heavy atom. The summed E-state index contributed by atoms with van der Waals surface area (Å²) in [5.74, 6) is 0.444. The van der Waals surface area contributed by atoms with E-state index in [0.717, 1.165) is 0 Å². The first-order valence-electron chi connectivity index (χ1n) is 6.42. The lowest BCUT2D eigenvalue weighted by molar-refractivity contribution is 0.0957. The van der Waals surface area contributed by atoms with Gasteiger partial charge in [0.1, 0.15) is 17.7 Å². The molecule has 0 saturated carbocycles. The van der Waals surface area contributed by atoms with Gasteiger partial charge in [0.15, 0.2) is 11.6 Å². The van der Waals surface area contributed by atoms with Gasteiger partial charge in [-0.1, -0.05) is 6.07 Å². The first kappa shape index (κ1) is 14.5. The molecule has 8 nitrogen and oxygen atoms in total. The molecule has 0 spiro atoms. The highest BCUT2D eigenvalue weighted by Gasteiger charge is 2.11. The van der Waals surface area contributed by atoms with E-state index in [1.807, 2.05) is 13.8 Å². The fourth-order valence-electron chi connectivity index (χ4n) is 1.56. The molecule has 0 aromatic carbocycles. The fourth-order valence-corrected chi connectivity index (χ4v) is 1.56. The van der Waals surface area contributed by atoms with Gasteiger partial charge in [0.05, 0.1) is 0 Å². The van der Waals surface area contributed by atoms with E-state index in [1.165, 1.54) is 6.33 Å². The number of amides is 1. The van der Waals surface area contributed by atoms with Crippen LogP contribution in [0.3, 0.4) is 0 Å². The summed E-state index contributed by atoms with van der Waals surface area (Å²) in [6.45, 7) is 3.94. The van der Waals surface area contributed by atoms with Crippen molar-refractivity contribution in [3.8, 4) is 0 Å². The predicted octanol–water partition coefficient (Wildman–Crippen LogP) is 1.03. The Labute approximate surface area is 122 Å². The minimum absolute atomic E-state index is 0.179. The number of rotatable bonds is 5. The van der Waals surface area contributed by atoms with Crippen molar-refractivity contribution in [1.82, 2.24) is 20.4 Å². The molecule has 110 valence electrons. The van der Waals surface area contributed by atoms with Gasteiger partial charge in [-0.05, 0) is 26.0 Å². The third kappa shape index (κ3) is 3.78. The van der Waals surface area contributed by atoms with Gasteiger partial charge in [0.25, 0.3) is 5.91 Å². The van der Waals surface area contributed by atoms with Crippen molar-refractivity contribution in [1.29, 1.82) is 0 Å². The van der Waals surface area contributed by atoms with Crippen molar-refractivity contribution in [3.63, 3.8) is 0 Å². The van der Waals surface area contributed by atoms with E-state index >= 15 is 0 Å². The summed E-state index contributed by atoms with van der Waals surface area (Å²) in [4.78, 5) is 23.8. The highest BCUT2D eigenvalue weighted by Crippen LogP contribution is 2.22. The number of hydrogen-bond acceptors (Lipinski definition) is 7. The maximum absolute atomic E-state index is 11.9. The second kappa shape index (κ2) is 6.51. The summed E-state index contributed by atoms with van der Waals surface area (Å²) in [6, 6.07) is 5.24. The van der Waals surface area contributed by atoms with Crippen molar-refractivity contribution in [2.75, 3.05) is 16.5 Å². The molecule has 0 unspecified atom stereocenters. The molecule has 0 aliphatic heterocycles. The minimum Gasteiger partial charge on any atom is -0.393 e. The average molecular weight is 287 g/mol. The number of nitrogens with one attached hydrogen (secondary N) is 3. The quantitative estimate of drug-likeness (QED) is 0.606. The number of nitrogen functional groups attached to an aromatic ring is 1. The van der Waals surface area contributed by atoms with E-state index in [2.05, 4.69) is 31.1 Å². The Kier molecular flexibility index (Phi) is 4.50. The molecule has 0 radical (unpaired) electrons. The number of pyridine rings is 1. The Bertz CT molecular complexity index is 615. The molecule has 0 aliphatic rings. The molecule has 2 rings (SSSR count). The van der Waals surface area contributed by atoms with Gasteiger partial charge in [-0.2, -0.15) is 0 Å². The number of hydrazine groups is 1. The van der Waals surface area contributed by atoms with Crippen LogP contribution in [0.4, 0.5) is 17.3 Å². The van der Waals surface area contributed by atoms with Crippen LogP contribution in [0.1, 0.15) is 24.3 Å². The Hall–Kier alpha value is -2.90. The number of carbonyl (C=O) groups excluding carboxylic acids is 1. The normalized spacial score (nSPS) is 10.2. The van der Waals surface area contributed by atoms with Gasteiger partial charge in [-0.25, -0.2) is 9.97 Å². The third-order valence-electron chi connectivity index (χ3n) is 2.50. The summed E-state index contributed by atoms with van der Waals surface area (Å²) in [6.07, 6.45) is 2.90. The zero-order valence-corrected chi connectivity index (χ0v) is 11.8. The van der Waals surface area contributed by atoms with Crippen LogP contribution >= 0.6 is 0 Å². The lowest BCUT2D eigenvalue weighted by atomic mass is 10.3. The Morgan fingerprint density at radius 3 is 2.62 bits per heavy atom. The van der Waals surface area contributed by atoms with Crippen LogP contribution in [-0.4, -0.2) is 26.9 Å². The summed E-state index contributed by atoms with van der Waals surface area (Å²) in [7, 11) is 0. The molecule has 0 atom stereocenters. The molecule has 0 bridgehead atoms. The van der Waals surface area contributed by atoms with Crippen LogP contribution in [0.2, 0.25) is 0 Å². The lowest BCUT2D eigenvalue weighted by Crippen LogP contribution is -2.31. The van der Waals surface area contributed by atoms with Crippen LogP contribution in [-0.2, 0) is 0 Å². The van der Waals surface area contributed by atoms with Crippen molar-refractivity contribution >= 4 is 23.2 Å². The van der Waals surface area contributed by atoms with Crippen molar-refractivity contribution in [3.05, 3.63) is 36.4 Å². The molecule has 0 fully saturated rings. The number of aromatic nitrogens is 3. The third-order valence-corrected chi connectivity index (χ3v) is 2.50. The van der Waals surface area contributed by atoms with Crippen LogP contribution in [0.5, 0.6) is 0 Å². The number of anilines is 3. The average Bonchev–Trinajstić information content (AvgIpc) is 2.48. The molecule has 0 saturated heterocycles. The Balaban J connectivity index is 2.05. The van der Waals surface area contributed by atoms with E-state index < -0.39 is 0 Å². The molecule has 5 N–H and O–H groups in total. The van der Waals surface area contributed by atoms with E-state index in [0.29, 0.717) is 17.3 Å². The van der Waals surface area contributed by atoms with Crippen LogP contribution in [0.25, 0.3) is 0 Å². The topological polar surface area (TPSA) is 118 Å². The van der Waals surface area contributed by atoms with Crippen LogP contribution in [0.15, 0.2) is 30.7 Å². The maximum atomic E-state index is 11.9. The zero-order valence-electron chi connectivity index (χ0n) is 11.8. The molecule has 21 heavy (non-hydrogen) atoms. The number of carbonyl (C=O) groups is 1. The van der Waals surface area contributed by atoms with E-state index in [-0.39, 0.29) is 17.6 Å². The van der Waals surface area contributed by atoms with Crippen molar-refractivity contribution in [2.45, 2.75) is 19.9 Å². The molecule has 8 heteroatoms. The number of nitrogens with zero attached hydrogens (tertiary/aromatic N) is 3. The molecule has 0 aliphatic carbocycles. The fraction of sp³-hybridized carbons (Fsp3) is 0.231. The monoisotopic (exact) mass is 287 g/mol. The summed E-state index contributed by atoms with van der Waals surface area (Å²) >= 11 is 0. The van der Waals surface area contributed by atoms with Crippen LogP contribution in [0, 0.1) is 0 Å². The Morgan fingerprint density at radius 1 is 1.19 bits per heavy atom. The van der Waals surface area contributed by atoms with Crippen molar-refractivity contribution < 1.29 is 4.79 Å². The molecular formula is C13H17N7O. The van der Waals surface area contributed by atoms with Gasteiger partial charge < -0.3 is 11.1 Å². The highest BCUT2D eigenvalue weighted by atomic mass is 16.2. The van der Waals surface area contributed by atoms with Gasteiger partial charge in [0.2, 0.25) is 0 Å². The largest absolute Gasteiger partial charge is 0.393 e. The second-order valence-corrected chi connectivity index (χ2v) is 4.58. The van der Waals surface area contributed by atoms with Gasteiger partial charge in [-0.15, -0.1) is 0 Å². The first-order valence-corrected chi connectivity index (χ1v) is 6.42. The van der Waals surface area contributed by atoms with E-state index in [4.69, 9.17) is 5.73 Å². The molecule has 2 aromatic rings. The SMILES string of the molecule is CC(C)Nc1ncnc(NNC(=O)c2ccccn2)c1N. The molecule has 2 heterocycles. The minimum atomic E-state index is -0.382. The number of hydrogen-bond donors (Lipinski definition) is 4. The molecule has 2 aromatic heterocycles. The predicted molar refractivity (Wildman–Crippen MR) is 80.5 cm³/mol. The first-order chi connectivity index (χ1) is 10.1. The van der Waals surface area contributed by atoms with Gasteiger partial charge in [-0.3, -0.25) is 20.6 Å². The maximum Gasteiger partial charge on any atom is 0.288 e. The van der Waals surface area contributed by atoms with E-state index in [9.17, 15) is 4.79 Å². The zero-order chi connectivity index (χ0) is 15.2. The van der Waals surface area contributed by atoms with Crippen LogP contribution < -0.4 is 21.9 Å². The van der Waals surface area contributed by atoms with E-state index in [1.54, 1.807) is 24.4 Å². The lowest BCUT2D eigenvalue weighted by Gasteiger charge is -2.14. The summed E-state index contributed by atoms with van der Waals surface area (Å²) in [5, 5.41) is 3.09. The standard InChI is InChI=1S/C13H17N7O/c1-8(2)18-11-10(14)12(17-7-16-11)19-20-13(21)9-5-3-4-6-15-9/h3-8H,14H2,1-2H3,(H,20,21)(H2,16,17,18,19). The summed E-state index contributed by atoms with van der Waals surface area (Å²) < 4.78 is 0.